The van der Waals surface area contributed by atoms with Crippen molar-refractivity contribution in [3.63, 3.8) is 0 Å². The second-order valence-electron chi connectivity index (χ2n) is 4.24. The number of halogens is 1. The summed E-state index contributed by atoms with van der Waals surface area (Å²) in [5, 5.41) is 0. The van der Waals surface area contributed by atoms with Gasteiger partial charge in [-0.05, 0) is 19.1 Å². The van der Waals surface area contributed by atoms with Crippen molar-refractivity contribution in [3.05, 3.63) is 36.0 Å². The minimum atomic E-state index is -0.342. The zero-order valence-electron chi connectivity index (χ0n) is 10.4. The van der Waals surface area contributed by atoms with E-state index in [1.54, 1.807) is 18.3 Å². The van der Waals surface area contributed by atoms with E-state index >= 15 is 0 Å². The normalized spacial score (nSPS) is 12.4. The summed E-state index contributed by atoms with van der Waals surface area (Å²) < 4.78 is 19.0. The third-order valence-corrected chi connectivity index (χ3v) is 2.61. The average Bonchev–Trinajstić information content (AvgIpc) is 2.75. The summed E-state index contributed by atoms with van der Waals surface area (Å²) in [4.78, 5) is 7.26. The molecule has 1 atom stereocenters. The minimum Gasteiger partial charge on any atom is -0.496 e. The summed E-state index contributed by atoms with van der Waals surface area (Å²) in [6, 6.07) is 4.72. The van der Waals surface area contributed by atoms with Gasteiger partial charge in [-0.1, -0.05) is 6.07 Å². The molecule has 0 fully saturated rings. The lowest BCUT2D eigenvalue weighted by atomic mass is 10.1. The number of nitrogens with zero attached hydrogens (tertiary/aromatic N) is 1. The number of benzene rings is 1. The van der Waals surface area contributed by atoms with Gasteiger partial charge in [-0.2, -0.15) is 0 Å². The largest absolute Gasteiger partial charge is 0.496 e. The molecule has 0 bridgehead atoms. The number of methoxy groups -OCH3 is 1. The number of hydrogen-bond acceptors (Lipinski definition) is 3. The minimum absolute atomic E-state index is 0.00603. The molecular formula is C13H16FN3O. The standard InChI is InChI=1S/C13H16FN3O/c1-8(15)6-12-16-7-10(17-12)13-9(14)4-3-5-11(13)18-2/h3-5,7-8H,6,15H2,1-2H3,(H,16,17). The molecule has 0 amide bonds. The van der Waals surface area contributed by atoms with Gasteiger partial charge in [0.25, 0.3) is 0 Å². The Bertz CT molecular complexity index is 537. The highest BCUT2D eigenvalue weighted by Gasteiger charge is 2.14. The van der Waals surface area contributed by atoms with E-state index in [4.69, 9.17) is 10.5 Å². The van der Waals surface area contributed by atoms with Crippen molar-refractivity contribution in [2.24, 2.45) is 5.73 Å². The number of nitrogens with one attached hydrogen (secondary N) is 1. The Morgan fingerprint density at radius 3 is 2.94 bits per heavy atom. The molecule has 1 unspecified atom stereocenters. The van der Waals surface area contributed by atoms with Gasteiger partial charge in [0.05, 0.1) is 24.6 Å². The fraction of sp³-hybridized carbons (Fsp3) is 0.308. The number of hydrogen-bond donors (Lipinski definition) is 2. The maximum Gasteiger partial charge on any atom is 0.136 e. The molecular weight excluding hydrogens is 233 g/mol. The SMILES string of the molecule is COc1cccc(F)c1-c1cnc(CC(C)N)[nH]1. The first-order chi connectivity index (χ1) is 8.61. The van der Waals surface area contributed by atoms with E-state index < -0.39 is 0 Å². The van der Waals surface area contributed by atoms with Crippen molar-refractivity contribution in [1.82, 2.24) is 9.97 Å². The van der Waals surface area contributed by atoms with E-state index in [0.29, 0.717) is 23.4 Å². The van der Waals surface area contributed by atoms with Crippen molar-refractivity contribution in [2.45, 2.75) is 19.4 Å². The highest BCUT2D eigenvalue weighted by Crippen LogP contribution is 2.31. The van der Waals surface area contributed by atoms with Crippen molar-refractivity contribution >= 4 is 0 Å². The van der Waals surface area contributed by atoms with E-state index in [1.165, 1.54) is 13.2 Å². The Balaban J connectivity index is 2.39. The van der Waals surface area contributed by atoms with Crippen LogP contribution in [0.3, 0.4) is 0 Å². The zero-order chi connectivity index (χ0) is 13.1. The van der Waals surface area contributed by atoms with E-state index in [2.05, 4.69) is 9.97 Å². The van der Waals surface area contributed by atoms with Crippen LogP contribution in [-0.4, -0.2) is 23.1 Å². The van der Waals surface area contributed by atoms with Crippen LogP contribution in [0.4, 0.5) is 4.39 Å². The van der Waals surface area contributed by atoms with Crippen LogP contribution in [0, 0.1) is 5.82 Å². The quantitative estimate of drug-likeness (QED) is 0.872. The molecule has 0 aliphatic heterocycles. The van der Waals surface area contributed by atoms with Crippen LogP contribution >= 0.6 is 0 Å². The highest BCUT2D eigenvalue weighted by molar-refractivity contribution is 5.67. The molecule has 0 saturated heterocycles. The van der Waals surface area contributed by atoms with Gasteiger partial charge < -0.3 is 15.5 Å². The monoisotopic (exact) mass is 249 g/mol. The van der Waals surface area contributed by atoms with Gasteiger partial charge in [0, 0.05) is 12.5 Å². The first-order valence-electron chi connectivity index (χ1n) is 5.74. The van der Waals surface area contributed by atoms with Crippen LogP contribution in [0.1, 0.15) is 12.7 Å². The fourth-order valence-electron chi connectivity index (χ4n) is 1.83. The predicted molar refractivity (Wildman–Crippen MR) is 67.9 cm³/mol. The fourth-order valence-corrected chi connectivity index (χ4v) is 1.83. The third-order valence-electron chi connectivity index (χ3n) is 2.61. The molecule has 0 saturated carbocycles. The van der Waals surface area contributed by atoms with Gasteiger partial charge in [0.2, 0.25) is 0 Å². The van der Waals surface area contributed by atoms with Gasteiger partial charge in [0.1, 0.15) is 17.4 Å². The lowest BCUT2D eigenvalue weighted by molar-refractivity contribution is 0.413. The molecule has 0 spiro atoms. The number of aromatic amines is 1. The molecule has 5 heteroatoms. The zero-order valence-corrected chi connectivity index (χ0v) is 10.4. The Morgan fingerprint density at radius 2 is 2.28 bits per heavy atom. The first-order valence-corrected chi connectivity index (χ1v) is 5.74. The van der Waals surface area contributed by atoms with Gasteiger partial charge in [-0.3, -0.25) is 0 Å². The topological polar surface area (TPSA) is 63.9 Å². The highest BCUT2D eigenvalue weighted by atomic mass is 19.1. The smallest absolute Gasteiger partial charge is 0.136 e. The van der Waals surface area contributed by atoms with Crippen molar-refractivity contribution < 1.29 is 9.13 Å². The second kappa shape index (κ2) is 5.18. The summed E-state index contributed by atoms with van der Waals surface area (Å²) in [7, 11) is 1.51. The number of rotatable bonds is 4. The number of nitrogens with two attached hydrogens (primary N) is 1. The molecule has 0 aliphatic carbocycles. The number of imidazole rings is 1. The molecule has 0 aliphatic rings. The molecule has 1 aromatic heterocycles. The summed E-state index contributed by atoms with van der Waals surface area (Å²) in [5.74, 6) is 0.877. The Labute approximate surface area is 105 Å². The third kappa shape index (κ3) is 2.51. The molecule has 2 aromatic rings. The summed E-state index contributed by atoms with van der Waals surface area (Å²) in [5.41, 5.74) is 6.69. The van der Waals surface area contributed by atoms with E-state index in [0.717, 1.165) is 5.82 Å². The van der Waals surface area contributed by atoms with Crippen LogP contribution in [0.2, 0.25) is 0 Å². The number of ether oxygens (including phenoxy) is 1. The van der Waals surface area contributed by atoms with Gasteiger partial charge in [-0.15, -0.1) is 0 Å². The van der Waals surface area contributed by atoms with Gasteiger partial charge in [-0.25, -0.2) is 9.37 Å². The average molecular weight is 249 g/mol. The lowest BCUT2D eigenvalue weighted by Gasteiger charge is -2.07. The van der Waals surface area contributed by atoms with Crippen LogP contribution < -0.4 is 10.5 Å². The molecule has 2 rings (SSSR count). The number of aromatic nitrogens is 2. The maximum atomic E-state index is 13.8. The second-order valence-corrected chi connectivity index (χ2v) is 4.24. The van der Waals surface area contributed by atoms with E-state index in [1.807, 2.05) is 6.92 Å². The summed E-state index contributed by atoms with van der Waals surface area (Å²) in [6.07, 6.45) is 2.22. The van der Waals surface area contributed by atoms with E-state index in [9.17, 15) is 4.39 Å². The maximum absolute atomic E-state index is 13.8. The Kier molecular flexibility index (Phi) is 3.62. The Hall–Kier alpha value is -1.88. The Morgan fingerprint density at radius 1 is 1.50 bits per heavy atom. The van der Waals surface area contributed by atoms with Crippen molar-refractivity contribution in [2.75, 3.05) is 7.11 Å². The lowest BCUT2D eigenvalue weighted by Crippen LogP contribution is -2.18. The van der Waals surface area contributed by atoms with Crippen LogP contribution in [0.25, 0.3) is 11.3 Å². The van der Waals surface area contributed by atoms with Crippen LogP contribution in [-0.2, 0) is 6.42 Å². The predicted octanol–water partition coefficient (Wildman–Crippen LogP) is 2.11. The van der Waals surface area contributed by atoms with Crippen molar-refractivity contribution in [3.8, 4) is 17.0 Å². The molecule has 18 heavy (non-hydrogen) atoms. The molecule has 3 N–H and O–H groups in total. The van der Waals surface area contributed by atoms with Gasteiger partial charge in [0.15, 0.2) is 0 Å². The number of H-pyrrole nitrogens is 1. The first kappa shape index (κ1) is 12.6. The molecule has 96 valence electrons. The molecule has 1 aromatic carbocycles. The molecule has 4 nitrogen and oxygen atoms in total. The van der Waals surface area contributed by atoms with Crippen molar-refractivity contribution in [1.29, 1.82) is 0 Å². The molecule has 0 radical (unpaired) electrons. The van der Waals surface area contributed by atoms with Crippen LogP contribution in [0.15, 0.2) is 24.4 Å². The van der Waals surface area contributed by atoms with Gasteiger partial charge >= 0.3 is 0 Å². The van der Waals surface area contributed by atoms with Crippen LogP contribution in [0.5, 0.6) is 5.75 Å². The summed E-state index contributed by atoms with van der Waals surface area (Å²) >= 11 is 0. The molecule has 1 heterocycles. The van der Waals surface area contributed by atoms with E-state index in [-0.39, 0.29) is 11.9 Å². The summed E-state index contributed by atoms with van der Waals surface area (Å²) in [6.45, 7) is 1.89.